The largest absolute Gasteiger partial charge is 0.309 e. The highest BCUT2D eigenvalue weighted by atomic mass is 15.0. The van der Waals surface area contributed by atoms with E-state index in [0.29, 0.717) is 0 Å². The van der Waals surface area contributed by atoms with Crippen molar-refractivity contribution in [3.8, 4) is 123 Å². The van der Waals surface area contributed by atoms with Crippen LogP contribution in [-0.4, -0.2) is 27.4 Å². The van der Waals surface area contributed by atoms with Gasteiger partial charge in [-0.25, -0.2) is 0 Å². The molecule has 0 radical (unpaired) electrons. The zero-order chi connectivity index (χ0) is 97.6. The molecule has 0 aliphatic heterocycles. The van der Waals surface area contributed by atoms with Crippen LogP contribution in [0, 0.1) is 0 Å². The fraction of sp³-hybridized carbons (Fsp3) is 0. The van der Waals surface area contributed by atoms with Gasteiger partial charge in [-0.15, -0.1) is 0 Å². The summed E-state index contributed by atoms with van der Waals surface area (Å²) in [6.45, 7) is 0. The van der Waals surface area contributed by atoms with Gasteiger partial charge in [0.25, 0.3) is 0 Å². The van der Waals surface area contributed by atoms with Gasteiger partial charge in [-0.05, 0) is 247 Å². The van der Waals surface area contributed by atoms with Crippen molar-refractivity contribution >= 4 is 142 Å². The number of benzene rings is 24. The molecule has 6 nitrogen and oxygen atoms in total. The quantitative estimate of drug-likeness (QED) is 0.104. The lowest BCUT2D eigenvalue weighted by Gasteiger charge is -2.14. The summed E-state index contributed by atoms with van der Waals surface area (Å²) in [6, 6.07) is 207. The van der Waals surface area contributed by atoms with Crippen molar-refractivity contribution < 1.29 is 0 Å². The SMILES string of the molecule is c1ccc(-c2cccc(-n3c4ccccc4c4cc(-c5ccc6c(c5)c5ccccc5n6-c5cccc(-c6ccccc6)c5)ccc43)c2)cc1.c1ccc(-c2ccccc2-n2c3ccccc3c3cc(-c4ccc5c(c4)c4ccccc4n5-c4ccc5ccccc5c4)ccc32)cc1.c1ccc(-c2ccccc2-n2c3ccccc3c3cc(-c4ccc5c(c4)c4ccccc4n5-c4ccccc4-c4ccccc4)ccc32)cc1. The number of nitrogens with zero attached hydrogens (tertiary/aromatic N) is 6. The van der Waals surface area contributed by atoms with E-state index in [4.69, 9.17) is 0 Å². The van der Waals surface area contributed by atoms with Gasteiger partial charge in [0.1, 0.15) is 0 Å². The van der Waals surface area contributed by atoms with Gasteiger partial charge in [0.15, 0.2) is 0 Å². The highest BCUT2D eigenvalue weighted by Crippen LogP contribution is 2.47. The van der Waals surface area contributed by atoms with Crippen molar-refractivity contribution in [2.24, 2.45) is 0 Å². The predicted molar refractivity (Wildman–Crippen MR) is 626 cm³/mol. The van der Waals surface area contributed by atoms with Gasteiger partial charge in [-0.2, -0.15) is 0 Å². The number of fused-ring (bicyclic) bond motifs is 19. The van der Waals surface area contributed by atoms with Gasteiger partial charge in [0.2, 0.25) is 0 Å². The minimum absolute atomic E-state index is 1.16. The summed E-state index contributed by atoms with van der Waals surface area (Å²) in [5.41, 5.74) is 41.0. The Morgan fingerprint density at radius 2 is 0.297 bits per heavy atom. The van der Waals surface area contributed by atoms with Gasteiger partial charge < -0.3 is 27.4 Å². The van der Waals surface area contributed by atoms with Crippen LogP contribution in [0.3, 0.4) is 0 Å². The fourth-order valence-electron chi connectivity index (χ4n) is 23.3. The molecule has 692 valence electrons. The van der Waals surface area contributed by atoms with Crippen LogP contribution in [0.2, 0.25) is 0 Å². The van der Waals surface area contributed by atoms with E-state index in [1.807, 2.05) is 0 Å². The van der Waals surface area contributed by atoms with Crippen LogP contribution in [0.4, 0.5) is 0 Å². The van der Waals surface area contributed by atoms with Crippen LogP contribution in [0.25, 0.3) is 265 Å². The lowest BCUT2D eigenvalue weighted by Crippen LogP contribution is -1.97. The predicted octanol–water partition coefficient (Wildman–Crippen LogP) is 38.1. The van der Waals surface area contributed by atoms with Crippen LogP contribution >= 0.6 is 0 Å². The maximum Gasteiger partial charge on any atom is 0.0541 e. The molecule has 0 aliphatic carbocycles. The molecule has 6 aromatic heterocycles. The molecule has 0 saturated carbocycles. The first-order valence-corrected chi connectivity index (χ1v) is 50.9. The summed E-state index contributed by atoms with van der Waals surface area (Å²) in [7, 11) is 0. The molecule has 0 amide bonds. The highest BCUT2D eigenvalue weighted by molar-refractivity contribution is 6.18. The summed E-state index contributed by atoms with van der Waals surface area (Å²) in [4.78, 5) is 0. The van der Waals surface area contributed by atoms with E-state index < -0.39 is 0 Å². The summed E-state index contributed by atoms with van der Waals surface area (Å²) in [6.07, 6.45) is 0. The number of hydrogen-bond donors (Lipinski definition) is 0. The zero-order valence-electron chi connectivity index (χ0n) is 81.0. The zero-order valence-corrected chi connectivity index (χ0v) is 81.0. The van der Waals surface area contributed by atoms with Gasteiger partial charge in [-0.3, -0.25) is 0 Å². The summed E-state index contributed by atoms with van der Waals surface area (Å²) >= 11 is 0. The Kier molecular flexibility index (Phi) is 21.2. The Bertz CT molecular complexity index is 10000. The van der Waals surface area contributed by atoms with Crippen molar-refractivity contribution in [1.82, 2.24) is 27.4 Å². The van der Waals surface area contributed by atoms with Crippen molar-refractivity contribution in [3.63, 3.8) is 0 Å². The number of aromatic nitrogens is 6. The molecule has 0 N–H and O–H groups in total. The Hall–Kier alpha value is -19.7. The van der Waals surface area contributed by atoms with Gasteiger partial charge in [0.05, 0.1) is 83.3 Å². The first-order valence-electron chi connectivity index (χ1n) is 50.9. The third-order valence-corrected chi connectivity index (χ3v) is 30.1. The van der Waals surface area contributed by atoms with E-state index >= 15 is 0 Å². The minimum atomic E-state index is 1.16. The first kappa shape index (κ1) is 86.2. The molecule has 0 fully saturated rings. The van der Waals surface area contributed by atoms with Crippen molar-refractivity contribution in [3.05, 3.63) is 570 Å². The molecule has 6 heteroatoms. The maximum absolute atomic E-state index is 2.43. The average molecular weight is 1880 g/mol. The third kappa shape index (κ3) is 14.9. The van der Waals surface area contributed by atoms with Crippen molar-refractivity contribution in [2.75, 3.05) is 0 Å². The van der Waals surface area contributed by atoms with E-state index in [0.717, 1.165) is 11.4 Å². The van der Waals surface area contributed by atoms with E-state index in [-0.39, 0.29) is 0 Å². The monoisotopic (exact) mass is 1880 g/mol. The molecule has 0 saturated heterocycles. The third-order valence-electron chi connectivity index (χ3n) is 30.1. The molecule has 0 bridgehead atoms. The topological polar surface area (TPSA) is 29.6 Å². The molecule has 24 aromatic carbocycles. The van der Waals surface area contributed by atoms with Gasteiger partial charge in [-0.1, -0.05) is 406 Å². The molecule has 0 atom stereocenters. The Labute approximate surface area is 856 Å². The number of rotatable bonds is 14. The molecule has 30 aromatic rings. The molecule has 0 spiro atoms. The second-order valence-corrected chi connectivity index (χ2v) is 38.5. The van der Waals surface area contributed by atoms with E-state index in [1.54, 1.807) is 0 Å². The smallest absolute Gasteiger partial charge is 0.0541 e. The Morgan fingerprint density at radius 3 is 0.588 bits per heavy atom. The van der Waals surface area contributed by atoms with E-state index in [9.17, 15) is 0 Å². The van der Waals surface area contributed by atoms with Crippen LogP contribution < -0.4 is 0 Å². The number of para-hydroxylation sites is 9. The number of hydrogen-bond acceptors (Lipinski definition) is 0. The summed E-state index contributed by atoms with van der Waals surface area (Å²) in [5.74, 6) is 0. The standard InChI is InChI=1S/2C48H32N2.C46H30N2/c1-3-15-33(16-4-1)37-19-7-11-23-43(37)49-45-25-13-9-21-39(45)41-31-35(27-29-47(41)49)36-28-30-48-42(32-36)40-22-10-14-26-46(40)50(48)44-24-12-8-20-38(44)34-17-5-2-6-18-34;1-3-13-33(14-4-1)35-17-11-19-39(29-35)49-45-23-9-7-21-41(45)43-31-37(25-27-47(43)49)38-26-28-48-44(32-38)42-22-8-10-24-46(42)50(48)40-20-12-18-36(30-40)34-15-5-2-6-16-34;1-2-13-32(14-3-1)37-16-6-9-19-42(37)48-44-21-11-8-18-39(44)41-30-35(24-27-46(41)48)34-23-26-45-40(29-34)38-17-7-10-20-43(38)47(45)36-25-22-31-12-4-5-15-33(31)28-36/h2*1-32H;1-30H. The van der Waals surface area contributed by atoms with Crippen LogP contribution in [0.15, 0.2) is 570 Å². The molecular weight excluding hydrogens is 1790 g/mol. The fourth-order valence-corrected chi connectivity index (χ4v) is 23.3. The molecule has 30 rings (SSSR count). The van der Waals surface area contributed by atoms with Crippen molar-refractivity contribution in [1.29, 1.82) is 0 Å². The average Bonchev–Trinajstić information content (AvgIpc) is 1.59. The Balaban J connectivity index is 0.000000107. The Morgan fingerprint density at radius 1 is 0.0946 bits per heavy atom. The van der Waals surface area contributed by atoms with Crippen LogP contribution in [0.5, 0.6) is 0 Å². The molecular formula is C142H94N6. The van der Waals surface area contributed by atoms with E-state index in [1.165, 1.54) is 253 Å². The molecule has 148 heavy (non-hydrogen) atoms. The molecule has 0 unspecified atom stereocenters. The second-order valence-electron chi connectivity index (χ2n) is 38.5. The second kappa shape index (κ2) is 36.4. The van der Waals surface area contributed by atoms with Gasteiger partial charge >= 0.3 is 0 Å². The molecule has 0 aliphatic rings. The maximum atomic E-state index is 2.43. The summed E-state index contributed by atoms with van der Waals surface area (Å²) < 4.78 is 14.5. The normalized spacial score (nSPS) is 11.6. The van der Waals surface area contributed by atoms with Crippen LogP contribution in [-0.2, 0) is 0 Å². The van der Waals surface area contributed by atoms with Crippen molar-refractivity contribution in [2.45, 2.75) is 0 Å². The van der Waals surface area contributed by atoms with E-state index in [2.05, 4.69) is 598 Å². The lowest BCUT2D eigenvalue weighted by molar-refractivity contribution is 1.18. The minimum Gasteiger partial charge on any atom is -0.309 e. The molecule has 6 heterocycles. The summed E-state index contributed by atoms with van der Waals surface area (Å²) in [5, 5.41) is 17.6. The highest BCUT2D eigenvalue weighted by Gasteiger charge is 2.25. The lowest BCUT2D eigenvalue weighted by atomic mass is 10.0. The van der Waals surface area contributed by atoms with Crippen LogP contribution in [0.1, 0.15) is 0 Å². The van der Waals surface area contributed by atoms with Gasteiger partial charge in [0, 0.05) is 98.4 Å². The first-order chi connectivity index (χ1) is 73.4.